The first-order valence-corrected chi connectivity index (χ1v) is 6.20. The van der Waals surface area contributed by atoms with Gasteiger partial charge in [-0.1, -0.05) is 13.8 Å². The summed E-state index contributed by atoms with van der Waals surface area (Å²) in [5.74, 6) is 0.647. The van der Waals surface area contributed by atoms with Gasteiger partial charge >= 0.3 is 0 Å². The predicted molar refractivity (Wildman–Crippen MR) is 66.1 cm³/mol. The van der Waals surface area contributed by atoms with E-state index in [0.29, 0.717) is 23.3 Å². The van der Waals surface area contributed by atoms with Gasteiger partial charge in [0.2, 0.25) is 0 Å². The van der Waals surface area contributed by atoms with E-state index < -0.39 is 0 Å². The highest BCUT2D eigenvalue weighted by atomic mass is 32.1. The van der Waals surface area contributed by atoms with E-state index in [1.165, 1.54) is 6.54 Å². The molecule has 1 saturated heterocycles. The van der Waals surface area contributed by atoms with Crippen molar-refractivity contribution in [3.05, 3.63) is 0 Å². The van der Waals surface area contributed by atoms with Gasteiger partial charge in [0, 0.05) is 37.0 Å². The molecule has 1 aliphatic heterocycles. The molecule has 1 rings (SSSR count). The van der Waals surface area contributed by atoms with Gasteiger partial charge in [0.1, 0.15) is 0 Å². The number of piperazine rings is 1. The van der Waals surface area contributed by atoms with E-state index in [0.717, 1.165) is 13.1 Å². The number of hydrogen-bond acceptors (Lipinski definition) is 3. The van der Waals surface area contributed by atoms with Crippen molar-refractivity contribution in [2.75, 3.05) is 19.6 Å². The van der Waals surface area contributed by atoms with Crippen molar-refractivity contribution in [1.82, 2.24) is 10.2 Å². The minimum absolute atomic E-state index is 0.473. The molecule has 0 aromatic rings. The molecular weight excluding hydrogens is 192 g/mol. The number of hydrogen-bond donors (Lipinski definition) is 2. The first-order chi connectivity index (χ1) is 6.54. The smallest absolute Gasteiger partial charge is 0.0259 e. The summed E-state index contributed by atoms with van der Waals surface area (Å²) < 4.78 is 0. The minimum atomic E-state index is 0.473. The van der Waals surface area contributed by atoms with Crippen LogP contribution in [0.1, 0.15) is 27.7 Å². The Kier molecular flexibility index (Phi) is 4.74. The molecule has 3 atom stereocenters. The number of nitrogens with zero attached hydrogens (tertiary/aromatic N) is 1. The topological polar surface area (TPSA) is 15.3 Å². The maximum Gasteiger partial charge on any atom is 0.0259 e. The van der Waals surface area contributed by atoms with Gasteiger partial charge in [0.15, 0.2) is 0 Å². The van der Waals surface area contributed by atoms with Crippen molar-refractivity contribution in [2.24, 2.45) is 5.92 Å². The van der Waals surface area contributed by atoms with Crippen LogP contribution in [0.3, 0.4) is 0 Å². The average molecular weight is 216 g/mol. The molecule has 3 heteroatoms. The van der Waals surface area contributed by atoms with Crippen molar-refractivity contribution in [3.8, 4) is 0 Å². The first-order valence-electron chi connectivity index (χ1n) is 5.68. The van der Waals surface area contributed by atoms with Crippen LogP contribution in [0.2, 0.25) is 0 Å². The van der Waals surface area contributed by atoms with Crippen molar-refractivity contribution in [2.45, 2.75) is 45.0 Å². The third kappa shape index (κ3) is 2.88. The fraction of sp³-hybridized carbons (Fsp3) is 1.00. The minimum Gasteiger partial charge on any atom is -0.314 e. The highest BCUT2D eigenvalue weighted by molar-refractivity contribution is 7.80. The first kappa shape index (κ1) is 12.3. The molecule has 0 amide bonds. The molecule has 3 unspecified atom stereocenters. The lowest BCUT2D eigenvalue weighted by Gasteiger charge is -2.43. The Morgan fingerprint density at radius 2 is 1.93 bits per heavy atom. The van der Waals surface area contributed by atoms with Crippen LogP contribution >= 0.6 is 12.6 Å². The third-order valence-corrected chi connectivity index (χ3v) is 3.83. The zero-order chi connectivity index (χ0) is 10.7. The lowest BCUT2D eigenvalue weighted by atomic mass is 9.94. The van der Waals surface area contributed by atoms with E-state index in [1.807, 2.05) is 0 Å². The predicted octanol–water partition coefficient (Wildman–Crippen LogP) is 1.62. The monoisotopic (exact) mass is 216 g/mol. The molecular formula is C11H24N2S. The van der Waals surface area contributed by atoms with E-state index in [9.17, 15) is 0 Å². The molecule has 0 bridgehead atoms. The van der Waals surface area contributed by atoms with E-state index in [-0.39, 0.29) is 0 Å². The van der Waals surface area contributed by atoms with Crippen LogP contribution in [0.15, 0.2) is 0 Å². The van der Waals surface area contributed by atoms with Crippen LogP contribution in [0, 0.1) is 5.92 Å². The quantitative estimate of drug-likeness (QED) is 0.697. The molecule has 84 valence electrons. The Balaban J connectivity index is 2.62. The zero-order valence-corrected chi connectivity index (χ0v) is 10.7. The van der Waals surface area contributed by atoms with Crippen molar-refractivity contribution >= 4 is 12.6 Å². The Morgan fingerprint density at radius 3 is 2.43 bits per heavy atom. The zero-order valence-electron chi connectivity index (χ0n) is 9.83. The van der Waals surface area contributed by atoms with Crippen LogP contribution in [0.4, 0.5) is 0 Å². The Hall–Kier alpha value is 0.270. The summed E-state index contributed by atoms with van der Waals surface area (Å²) in [6.45, 7) is 12.5. The van der Waals surface area contributed by atoms with E-state index >= 15 is 0 Å². The maximum absolute atomic E-state index is 4.56. The van der Waals surface area contributed by atoms with E-state index in [1.54, 1.807) is 0 Å². The van der Waals surface area contributed by atoms with Gasteiger partial charge in [-0.3, -0.25) is 4.90 Å². The Morgan fingerprint density at radius 1 is 1.29 bits per heavy atom. The van der Waals surface area contributed by atoms with Crippen LogP contribution < -0.4 is 5.32 Å². The summed E-state index contributed by atoms with van der Waals surface area (Å²) in [5.41, 5.74) is 0. The highest BCUT2D eigenvalue weighted by Crippen LogP contribution is 2.21. The second-order valence-electron chi connectivity index (χ2n) is 4.70. The summed E-state index contributed by atoms with van der Waals surface area (Å²) >= 11 is 4.56. The van der Waals surface area contributed by atoms with Crippen molar-refractivity contribution in [1.29, 1.82) is 0 Å². The largest absolute Gasteiger partial charge is 0.314 e. The third-order valence-electron chi connectivity index (χ3n) is 3.36. The fourth-order valence-electron chi connectivity index (χ4n) is 2.19. The summed E-state index contributed by atoms with van der Waals surface area (Å²) in [6, 6.07) is 1.30. The average Bonchev–Trinajstić information content (AvgIpc) is 2.16. The van der Waals surface area contributed by atoms with Gasteiger partial charge in [-0.25, -0.2) is 0 Å². The molecule has 0 aromatic heterocycles. The fourth-order valence-corrected chi connectivity index (χ4v) is 2.39. The molecule has 1 fully saturated rings. The maximum atomic E-state index is 4.56. The molecule has 0 aliphatic carbocycles. The molecule has 1 N–H and O–H groups in total. The molecule has 0 saturated carbocycles. The summed E-state index contributed by atoms with van der Waals surface area (Å²) in [5, 5.41) is 3.95. The molecule has 1 heterocycles. The van der Waals surface area contributed by atoms with Crippen molar-refractivity contribution < 1.29 is 0 Å². The summed E-state index contributed by atoms with van der Waals surface area (Å²) in [6.07, 6.45) is 0. The summed E-state index contributed by atoms with van der Waals surface area (Å²) in [7, 11) is 0. The van der Waals surface area contributed by atoms with Gasteiger partial charge < -0.3 is 5.32 Å². The van der Waals surface area contributed by atoms with E-state index in [4.69, 9.17) is 0 Å². The number of rotatable bonds is 3. The lowest BCUT2D eigenvalue weighted by Crippen LogP contribution is -2.57. The van der Waals surface area contributed by atoms with Gasteiger partial charge in [-0.15, -0.1) is 0 Å². The number of thiol groups is 1. The standard InChI is InChI=1S/C11H24N2S/c1-8(2)13-6-5-12-7-11(13)9(3)10(4)14/h8-12,14H,5-7H2,1-4H3. The lowest BCUT2D eigenvalue weighted by molar-refractivity contribution is 0.0873. The van der Waals surface area contributed by atoms with Crippen LogP contribution in [0.25, 0.3) is 0 Å². The molecule has 1 aliphatic rings. The van der Waals surface area contributed by atoms with Gasteiger partial charge in [-0.2, -0.15) is 12.6 Å². The normalized spacial score (nSPS) is 29.1. The molecule has 0 spiro atoms. The second-order valence-corrected chi connectivity index (χ2v) is 5.52. The molecule has 2 nitrogen and oxygen atoms in total. The molecule has 14 heavy (non-hydrogen) atoms. The second kappa shape index (κ2) is 5.38. The Bertz CT molecular complexity index is 171. The highest BCUT2D eigenvalue weighted by Gasteiger charge is 2.30. The summed E-state index contributed by atoms with van der Waals surface area (Å²) in [4.78, 5) is 2.61. The van der Waals surface area contributed by atoms with Crippen LogP contribution in [0.5, 0.6) is 0 Å². The molecule has 0 radical (unpaired) electrons. The van der Waals surface area contributed by atoms with Gasteiger partial charge in [0.05, 0.1) is 0 Å². The number of nitrogens with one attached hydrogen (secondary N) is 1. The SMILES string of the molecule is CC(S)C(C)C1CNCCN1C(C)C. The van der Waals surface area contributed by atoms with Crippen molar-refractivity contribution in [3.63, 3.8) is 0 Å². The molecule has 0 aromatic carbocycles. The van der Waals surface area contributed by atoms with Crippen LogP contribution in [-0.2, 0) is 0 Å². The van der Waals surface area contributed by atoms with E-state index in [2.05, 4.69) is 50.5 Å². The van der Waals surface area contributed by atoms with Crippen LogP contribution in [-0.4, -0.2) is 41.9 Å². The Labute approximate surface area is 93.8 Å². The van der Waals surface area contributed by atoms with Gasteiger partial charge in [-0.05, 0) is 19.8 Å². The van der Waals surface area contributed by atoms with Gasteiger partial charge in [0.25, 0.3) is 0 Å².